The molecule has 3 N–H and O–H groups in total. The van der Waals surface area contributed by atoms with Crippen LogP contribution < -0.4 is 20.7 Å². The smallest absolute Gasteiger partial charge is 0.251 e. The number of hydrogen-bond donors (Lipinski definition) is 3. The van der Waals surface area contributed by atoms with E-state index in [-0.39, 0.29) is 47.6 Å². The minimum atomic E-state index is -0.385. The van der Waals surface area contributed by atoms with E-state index < -0.39 is 0 Å². The number of carbonyl (C=O) groups excluding carboxylic acids is 1. The lowest BCUT2D eigenvalue weighted by Crippen LogP contribution is -2.41. The largest absolute Gasteiger partial charge is 0.486 e. The van der Waals surface area contributed by atoms with E-state index in [9.17, 15) is 9.18 Å². The van der Waals surface area contributed by atoms with Gasteiger partial charge < -0.3 is 20.7 Å². The molecule has 0 aliphatic heterocycles. The quantitative estimate of drug-likeness (QED) is 0.264. The normalized spacial score (nSPS) is 11.8. The first-order valence-corrected chi connectivity index (χ1v) is 9.76. The first-order chi connectivity index (χ1) is 14.0. The molecule has 164 valence electrons. The summed E-state index contributed by atoms with van der Waals surface area (Å²) in [5.74, 6) is 0.359. The highest BCUT2D eigenvalue weighted by Crippen LogP contribution is 2.16. The first kappa shape index (κ1) is 25.7. The van der Waals surface area contributed by atoms with Crippen molar-refractivity contribution < 1.29 is 13.9 Å². The summed E-state index contributed by atoms with van der Waals surface area (Å²) in [5, 5.41) is 9.23. The number of halogens is 2. The average Bonchev–Trinajstić information content (AvgIpc) is 2.74. The van der Waals surface area contributed by atoms with Gasteiger partial charge in [0, 0.05) is 25.7 Å². The van der Waals surface area contributed by atoms with E-state index in [1.54, 1.807) is 31.3 Å². The Kier molecular flexibility index (Phi) is 11.8. The molecule has 2 aromatic rings. The predicted molar refractivity (Wildman–Crippen MR) is 129 cm³/mol. The summed E-state index contributed by atoms with van der Waals surface area (Å²) in [4.78, 5) is 16.3. The molecule has 1 amide bonds. The van der Waals surface area contributed by atoms with E-state index in [1.165, 1.54) is 6.07 Å². The number of hydrogen-bond acceptors (Lipinski definition) is 3. The monoisotopic (exact) mass is 528 g/mol. The minimum Gasteiger partial charge on any atom is -0.486 e. The van der Waals surface area contributed by atoms with Crippen LogP contribution in [0.3, 0.4) is 0 Å². The standard InChI is InChI=1S/C22H29FN4O2.HI/c1-4-12-25-21(28)18-9-7-8-17(13-18)15-27-22(24-3)26-14-16(2)29-20-11-6-5-10-19(20)23;/h5-11,13,16H,4,12,14-15H2,1-3H3,(H,25,28)(H2,24,26,27);1H. The Bertz CT molecular complexity index is 832. The fourth-order valence-electron chi connectivity index (χ4n) is 2.61. The zero-order valence-corrected chi connectivity index (χ0v) is 19.9. The summed E-state index contributed by atoms with van der Waals surface area (Å²) in [7, 11) is 1.67. The van der Waals surface area contributed by atoms with Crippen LogP contribution in [0.15, 0.2) is 53.5 Å². The van der Waals surface area contributed by atoms with Crippen LogP contribution in [0.1, 0.15) is 36.2 Å². The minimum absolute atomic E-state index is 0. The van der Waals surface area contributed by atoms with Crippen LogP contribution in [0.5, 0.6) is 5.75 Å². The number of guanidine groups is 1. The number of rotatable bonds is 9. The third-order valence-corrected chi connectivity index (χ3v) is 4.13. The summed E-state index contributed by atoms with van der Waals surface area (Å²) in [6.07, 6.45) is 0.643. The summed E-state index contributed by atoms with van der Waals surface area (Å²) in [6.45, 7) is 5.49. The van der Waals surface area contributed by atoms with Gasteiger partial charge in [-0.15, -0.1) is 24.0 Å². The topological polar surface area (TPSA) is 74.8 Å². The van der Waals surface area contributed by atoms with Crippen LogP contribution in [0.2, 0.25) is 0 Å². The van der Waals surface area contributed by atoms with Crippen LogP contribution >= 0.6 is 24.0 Å². The zero-order chi connectivity index (χ0) is 21.1. The molecule has 0 radical (unpaired) electrons. The molecule has 0 saturated carbocycles. The van der Waals surface area contributed by atoms with Crippen molar-refractivity contribution in [2.75, 3.05) is 20.1 Å². The van der Waals surface area contributed by atoms with E-state index in [1.807, 2.05) is 32.0 Å². The van der Waals surface area contributed by atoms with Gasteiger partial charge in [0.05, 0.1) is 6.54 Å². The highest BCUT2D eigenvalue weighted by molar-refractivity contribution is 14.0. The second-order valence-electron chi connectivity index (χ2n) is 6.62. The summed E-state index contributed by atoms with van der Waals surface area (Å²) >= 11 is 0. The Hall–Kier alpha value is -2.36. The van der Waals surface area contributed by atoms with Crippen molar-refractivity contribution in [2.24, 2.45) is 4.99 Å². The molecule has 0 saturated heterocycles. The first-order valence-electron chi connectivity index (χ1n) is 9.76. The van der Waals surface area contributed by atoms with Gasteiger partial charge in [0.1, 0.15) is 6.10 Å². The molecule has 2 rings (SSSR count). The number of ether oxygens (including phenoxy) is 1. The number of amides is 1. The van der Waals surface area contributed by atoms with Crippen LogP contribution in [-0.2, 0) is 6.54 Å². The Labute approximate surface area is 194 Å². The number of nitrogens with one attached hydrogen (secondary N) is 3. The SMILES string of the molecule is CCCNC(=O)c1cccc(CNC(=NC)NCC(C)Oc2ccccc2F)c1.I. The van der Waals surface area contributed by atoms with Crippen molar-refractivity contribution in [1.29, 1.82) is 0 Å². The second kappa shape index (κ2) is 13.8. The second-order valence-corrected chi connectivity index (χ2v) is 6.62. The van der Waals surface area contributed by atoms with Gasteiger partial charge in [-0.25, -0.2) is 4.39 Å². The molecule has 30 heavy (non-hydrogen) atoms. The highest BCUT2D eigenvalue weighted by atomic mass is 127. The van der Waals surface area contributed by atoms with E-state index >= 15 is 0 Å². The van der Waals surface area contributed by atoms with Gasteiger partial charge in [-0.1, -0.05) is 31.2 Å². The lowest BCUT2D eigenvalue weighted by Gasteiger charge is -2.18. The van der Waals surface area contributed by atoms with E-state index in [0.29, 0.717) is 31.2 Å². The van der Waals surface area contributed by atoms with Gasteiger partial charge in [-0.2, -0.15) is 0 Å². The fraction of sp³-hybridized carbons (Fsp3) is 0.364. The molecule has 8 heteroatoms. The maximum Gasteiger partial charge on any atom is 0.251 e. The third kappa shape index (κ3) is 8.56. The Morgan fingerprint density at radius 3 is 2.60 bits per heavy atom. The van der Waals surface area contributed by atoms with Gasteiger partial charge in [0.2, 0.25) is 0 Å². The van der Waals surface area contributed by atoms with Crippen molar-refractivity contribution in [1.82, 2.24) is 16.0 Å². The fourth-order valence-corrected chi connectivity index (χ4v) is 2.61. The number of nitrogens with zero attached hydrogens (tertiary/aromatic N) is 1. The van der Waals surface area contributed by atoms with Crippen LogP contribution in [0.4, 0.5) is 4.39 Å². The number of aliphatic imine (C=N–C) groups is 1. The summed E-state index contributed by atoms with van der Waals surface area (Å²) in [5.41, 5.74) is 1.60. The van der Waals surface area contributed by atoms with Gasteiger partial charge >= 0.3 is 0 Å². The Morgan fingerprint density at radius 1 is 1.13 bits per heavy atom. The molecule has 6 nitrogen and oxygen atoms in total. The summed E-state index contributed by atoms with van der Waals surface area (Å²) < 4.78 is 19.3. The number of carbonyl (C=O) groups is 1. The van der Waals surface area contributed by atoms with Crippen molar-refractivity contribution in [3.8, 4) is 5.75 Å². The van der Waals surface area contributed by atoms with Crippen molar-refractivity contribution in [3.05, 3.63) is 65.5 Å². The highest BCUT2D eigenvalue weighted by Gasteiger charge is 2.09. The van der Waals surface area contributed by atoms with Crippen LogP contribution in [-0.4, -0.2) is 38.1 Å². The molecule has 0 heterocycles. The molecule has 0 fully saturated rings. The molecule has 0 spiro atoms. The maximum atomic E-state index is 13.7. The van der Waals surface area contributed by atoms with Crippen molar-refractivity contribution in [3.63, 3.8) is 0 Å². The lowest BCUT2D eigenvalue weighted by atomic mass is 10.1. The zero-order valence-electron chi connectivity index (χ0n) is 17.6. The Morgan fingerprint density at radius 2 is 1.90 bits per heavy atom. The van der Waals surface area contributed by atoms with Gasteiger partial charge in [-0.3, -0.25) is 9.79 Å². The number of benzene rings is 2. The van der Waals surface area contributed by atoms with E-state index in [4.69, 9.17) is 4.74 Å². The lowest BCUT2D eigenvalue weighted by molar-refractivity contribution is 0.0953. The molecular weight excluding hydrogens is 498 g/mol. The third-order valence-electron chi connectivity index (χ3n) is 4.13. The molecular formula is C22H30FIN4O2. The van der Waals surface area contributed by atoms with Crippen molar-refractivity contribution in [2.45, 2.75) is 32.9 Å². The van der Waals surface area contributed by atoms with Gasteiger partial charge in [0.25, 0.3) is 5.91 Å². The summed E-state index contributed by atoms with van der Waals surface area (Å²) in [6, 6.07) is 13.8. The average molecular weight is 528 g/mol. The molecule has 1 unspecified atom stereocenters. The van der Waals surface area contributed by atoms with Crippen LogP contribution in [0.25, 0.3) is 0 Å². The molecule has 0 aliphatic carbocycles. The van der Waals surface area contributed by atoms with Gasteiger partial charge in [0.15, 0.2) is 17.5 Å². The van der Waals surface area contributed by atoms with Gasteiger partial charge in [-0.05, 0) is 43.2 Å². The predicted octanol–water partition coefficient (Wildman–Crippen LogP) is 3.72. The van der Waals surface area contributed by atoms with E-state index in [0.717, 1.165) is 12.0 Å². The Balaban J connectivity index is 0.00000450. The molecule has 0 aliphatic rings. The molecule has 1 atom stereocenters. The van der Waals surface area contributed by atoms with E-state index in [2.05, 4.69) is 20.9 Å². The molecule has 2 aromatic carbocycles. The number of para-hydroxylation sites is 1. The maximum absolute atomic E-state index is 13.7. The molecule has 0 bridgehead atoms. The van der Waals surface area contributed by atoms with Crippen molar-refractivity contribution >= 4 is 35.8 Å². The molecule has 0 aromatic heterocycles. The van der Waals surface area contributed by atoms with Crippen LogP contribution in [0, 0.1) is 5.82 Å².